The van der Waals surface area contributed by atoms with Crippen LogP contribution >= 0.6 is 0 Å². The molecule has 3 rings (SSSR count). The summed E-state index contributed by atoms with van der Waals surface area (Å²) in [5.41, 5.74) is 1.56. The van der Waals surface area contributed by atoms with E-state index in [0.29, 0.717) is 12.1 Å². The summed E-state index contributed by atoms with van der Waals surface area (Å²) in [6.45, 7) is 2.10. The summed E-state index contributed by atoms with van der Waals surface area (Å²) in [6.07, 6.45) is 2.38. The van der Waals surface area contributed by atoms with Crippen molar-refractivity contribution < 1.29 is 19.2 Å². The molecule has 0 aliphatic rings. The van der Waals surface area contributed by atoms with Gasteiger partial charge in [-0.05, 0) is 25.1 Å². The van der Waals surface area contributed by atoms with Crippen LogP contribution in [0.25, 0.3) is 10.9 Å². The monoisotopic (exact) mass is 398 g/mol. The predicted molar refractivity (Wildman–Crippen MR) is 105 cm³/mol. The van der Waals surface area contributed by atoms with E-state index in [2.05, 4.69) is 10.5 Å². The Morgan fingerprint density at radius 1 is 1.38 bits per heavy atom. The van der Waals surface area contributed by atoms with E-state index in [-0.39, 0.29) is 22.3 Å². The van der Waals surface area contributed by atoms with Crippen molar-refractivity contribution in [1.82, 2.24) is 4.57 Å². The zero-order valence-corrected chi connectivity index (χ0v) is 15.1. The molecule has 148 valence electrons. The molecule has 10 heteroatoms. The Bertz CT molecular complexity index is 1220. The summed E-state index contributed by atoms with van der Waals surface area (Å²) < 4.78 is 16.0. The molecule has 0 aliphatic carbocycles. The van der Waals surface area contributed by atoms with Crippen molar-refractivity contribution in [1.29, 1.82) is 0 Å². The standard InChI is InChI=1S/C19H15FN4O5/c1-2-23-10-13(19(26)27)18(25)12-7-14(20)15(8-17(12)23)22-21-9-11-5-3-4-6-16(11)24(28)29/h3-10,22H,2H2,1H3,(H,26,27). The smallest absolute Gasteiger partial charge is 0.341 e. The van der Waals surface area contributed by atoms with Gasteiger partial charge in [-0.15, -0.1) is 0 Å². The van der Waals surface area contributed by atoms with Crippen molar-refractivity contribution in [3.63, 3.8) is 0 Å². The second-order valence-electron chi connectivity index (χ2n) is 6.00. The quantitative estimate of drug-likeness (QED) is 0.373. The minimum absolute atomic E-state index is 0.0718. The number of benzene rings is 2. The van der Waals surface area contributed by atoms with Crippen LogP contribution in [0.2, 0.25) is 0 Å². The highest BCUT2D eigenvalue weighted by molar-refractivity contribution is 5.93. The fourth-order valence-electron chi connectivity index (χ4n) is 2.84. The number of nitrogens with one attached hydrogen (secondary N) is 1. The topological polar surface area (TPSA) is 127 Å². The molecule has 0 spiro atoms. The fraction of sp³-hybridized carbons (Fsp3) is 0.105. The first kappa shape index (κ1) is 19.7. The van der Waals surface area contributed by atoms with Crippen LogP contribution in [0.5, 0.6) is 0 Å². The van der Waals surface area contributed by atoms with Crippen LogP contribution in [-0.2, 0) is 6.54 Å². The number of nitrogens with zero attached hydrogens (tertiary/aromatic N) is 3. The van der Waals surface area contributed by atoms with Crippen molar-refractivity contribution >= 4 is 34.5 Å². The first-order valence-electron chi connectivity index (χ1n) is 8.46. The summed E-state index contributed by atoms with van der Waals surface area (Å²) in [5.74, 6) is -2.21. The summed E-state index contributed by atoms with van der Waals surface area (Å²) >= 11 is 0. The molecule has 0 aliphatic heterocycles. The summed E-state index contributed by atoms with van der Waals surface area (Å²) in [5, 5.41) is 24.0. The number of aromatic carboxylic acids is 1. The van der Waals surface area contributed by atoms with Crippen molar-refractivity contribution in [2.24, 2.45) is 5.10 Å². The lowest BCUT2D eigenvalue weighted by atomic mass is 10.1. The van der Waals surface area contributed by atoms with Crippen molar-refractivity contribution in [2.75, 3.05) is 5.43 Å². The lowest BCUT2D eigenvalue weighted by Gasteiger charge is -2.12. The Morgan fingerprint density at radius 2 is 2.10 bits per heavy atom. The molecule has 0 saturated carbocycles. The highest BCUT2D eigenvalue weighted by atomic mass is 19.1. The van der Waals surface area contributed by atoms with Gasteiger partial charge < -0.3 is 9.67 Å². The van der Waals surface area contributed by atoms with Gasteiger partial charge in [0.1, 0.15) is 11.4 Å². The highest BCUT2D eigenvalue weighted by Gasteiger charge is 2.16. The first-order chi connectivity index (χ1) is 13.8. The van der Waals surface area contributed by atoms with E-state index < -0.39 is 27.7 Å². The Hall–Kier alpha value is -4.08. The van der Waals surface area contributed by atoms with Gasteiger partial charge in [0, 0.05) is 24.2 Å². The number of aromatic nitrogens is 1. The molecular weight excluding hydrogens is 383 g/mol. The van der Waals surface area contributed by atoms with Gasteiger partial charge in [0.05, 0.1) is 27.9 Å². The van der Waals surface area contributed by atoms with Crippen LogP contribution in [0, 0.1) is 15.9 Å². The van der Waals surface area contributed by atoms with Crippen LogP contribution in [0.1, 0.15) is 22.8 Å². The van der Waals surface area contributed by atoms with Gasteiger partial charge in [-0.3, -0.25) is 20.3 Å². The Morgan fingerprint density at radius 3 is 2.76 bits per heavy atom. The van der Waals surface area contributed by atoms with E-state index in [0.717, 1.165) is 6.07 Å². The van der Waals surface area contributed by atoms with Gasteiger partial charge in [-0.25, -0.2) is 9.18 Å². The molecule has 2 N–H and O–H groups in total. The van der Waals surface area contributed by atoms with Crippen LogP contribution in [0.15, 0.2) is 52.5 Å². The van der Waals surface area contributed by atoms with Crippen LogP contribution in [0.3, 0.4) is 0 Å². The number of pyridine rings is 1. The van der Waals surface area contributed by atoms with E-state index >= 15 is 0 Å². The zero-order valence-electron chi connectivity index (χ0n) is 15.1. The van der Waals surface area contributed by atoms with E-state index in [1.54, 1.807) is 13.0 Å². The number of para-hydroxylation sites is 1. The fourth-order valence-corrected chi connectivity index (χ4v) is 2.84. The van der Waals surface area contributed by atoms with Crippen LogP contribution in [-0.4, -0.2) is 26.8 Å². The summed E-state index contributed by atoms with van der Waals surface area (Å²) in [4.78, 5) is 34.0. The third-order valence-electron chi connectivity index (χ3n) is 4.26. The Labute approximate surface area is 162 Å². The first-order valence-corrected chi connectivity index (χ1v) is 8.46. The number of hydrogen-bond donors (Lipinski definition) is 2. The van der Waals surface area contributed by atoms with E-state index in [4.69, 9.17) is 5.11 Å². The molecule has 0 saturated heterocycles. The van der Waals surface area contributed by atoms with Crippen LogP contribution in [0.4, 0.5) is 15.8 Å². The third-order valence-corrected chi connectivity index (χ3v) is 4.26. The molecular formula is C19H15FN4O5. The average Bonchev–Trinajstić information content (AvgIpc) is 2.69. The molecule has 3 aromatic rings. The molecule has 29 heavy (non-hydrogen) atoms. The maximum Gasteiger partial charge on any atom is 0.341 e. The van der Waals surface area contributed by atoms with Gasteiger partial charge in [-0.1, -0.05) is 12.1 Å². The number of carbonyl (C=O) groups is 1. The zero-order chi connectivity index (χ0) is 21.1. The minimum atomic E-state index is -1.39. The molecule has 0 bridgehead atoms. The molecule has 0 radical (unpaired) electrons. The Kier molecular flexibility index (Phi) is 5.35. The SMILES string of the molecule is CCn1cc(C(=O)O)c(=O)c2cc(F)c(NN=Cc3ccccc3[N+](=O)[O-])cc21. The minimum Gasteiger partial charge on any atom is -0.477 e. The van der Waals surface area contributed by atoms with E-state index in [1.165, 1.54) is 41.2 Å². The maximum atomic E-state index is 14.5. The summed E-state index contributed by atoms with van der Waals surface area (Å²) in [6, 6.07) is 8.20. The second kappa shape index (κ2) is 7.89. The van der Waals surface area contributed by atoms with Gasteiger partial charge in [-0.2, -0.15) is 5.10 Å². The number of nitro benzene ring substituents is 1. The number of hydrogen-bond acceptors (Lipinski definition) is 6. The molecule has 0 atom stereocenters. The molecule has 1 heterocycles. The number of aryl methyl sites for hydroxylation is 1. The van der Waals surface area contributed by atoms with E-state index in [9.17, 15) is 24.1 Å². The maximum absolute atomic E-state index is 14.5. The summed E-state index contributed by atoms with van der Waals surface area (Å²) in [7, 11) is 0. The number of carboxylic acid groups (broad SMARTS) is 1. The van der Waals surface area contributed by atoms with Gasteiger partial charge in [0.15, 0.2) is 0 Å². The van der Waals surface area contributed by atoms with Crippen LogP contribution < -0.4 is 10.9 Å². The lowest BCUT2D eigenvalue weighted by molar-refractivity contribution is -0.385. The number of rotatable bonds is 6. The number of nitro groups is 1. The number of carboxylic acids is 1. The van der Waals surface area contributed by atoms with Crippen molar-refractivity contribution in [2.45, 2.75) is 13.5 Å². The molecule has 1 aromatic heterocycles. The number of hydrazone groups is 1. The van der Waals surface area contributed by atoms with Crippen molar-refractivity contribution in [3.05, 3.63) is 79.9 Å². The number of halogens is 1. The molecule has 2 aromatic carbocycles. The van der Waals surface area contributed by atoms with E-state index in [1.807, 2.05) is 0 Å². The predicted octanol–water partition coefficient (Wildman–Crippen LogP) is 3.21. The van der Waals surface area contributed by atoms with Gasteiger partial charge >= 0.3 is 5.97 Å². The number of fused-ring (bicyclic) bond motifs is 1. The normalized spacial score (nSPS) is 11.1. The molecule has 0 unspecified atom stereocenters. The largest absolute Gasteiger partial charge is 0.477 e. The second-order valence-corrected chi connectivity index (χ2v) is 6.00. The molecule has 0 amide bonds. The Balaban J connectivity index is 2.02. The lowest BCUT2D eigenvalue weighted by Crippen LogP contribution is -2.19. The van der Waals surface area contributed by atoms with Gasteiger partial charge in [0.2, 0.25) is 5.43 Å². The number of anilines is 1. The van der Waals surface area contributed by atoms with Crippen molar-refractivity contribution in [3.8, 4) is 0 Å². The highest BCUT2D eigenvalue weighted by Crippen LogP contribution is 2.22. The average molecular weight is 398 g/mol. The van der Waals surface area contributed by atoms with Gasteiger partial charge in [0.25, 0.3) is 5.69 Å². The third kappa shape index (κ3) is 3.81. The molecule has 0 fully saturated rings. The molecule has 9 nitrogen and oxygen atoms in total.